The number of aromatic carboxylic acids is 2. The van der Waals surface area contributed by atoms with Crippen LogP contribution in [0.1, 0.15) is 26.3 Å². The third kappa shape index (κ3) is 3.93. The minimum atomic E-state index is -1.40. The Morgan fingerprint density at radius 3 is 2.30 bits per heavy atom. The highest BCUT2D eigenvalue weighted by Gasteiger charge is 2.39. The summed E-state index contributed by atoms with van der Waals surface area (Å²) in [6.45, 7) is -0.0295. The summed E-state index contributed by atoms with van der Waals surface area (Å²) in [5.41, 5.74) is 0.620. The molecule has 0 bridgehead atoms. The molecular weight excluding hydrogens is 372 g/mol. The molecule has 1 aliphatic heterocycles. The first-order valence-electron chi connectivity index (χ1n) is 7.76. The maximum Gasteiger partial charge on any atom is 0.291 e. The molecule has 0 unspecified atom stereocenters. The van der Waals surface area contributed by atoms with E-state index in [9.17, 15) is 29.4 Å². The van der Waals surface area contributed by atoms with Gasteiger partial charge in [-0.1, -0.05) is 42.5 Å². The number of amides is 2. The Morgan fingerprint density at radius 2 is 1.67 bits per heavy atom. The van der Waals surface area contributed by atoms with Crippen molar-refractivity contribution in [2.45, 2.75) is 11.9 Å². The fourth-order valence-electron chi connectivity index (χ4n) is 2.54. The lowest BCUT2D eigenvalue weighted by Gasteiger charge is -2.17. The Bertz CT molecular complexity index is 928. The molecule has 27 heavy (non-hydrogen) atoms. The molecule has 3 rings (SSSR count). The molecule has 8 nitrogen and oxygen atoms in total. The van der Waals surface area contributed by atoms with E-state index in [0.717, 1.165) is 16.7 Å². The second kappa shape index (κ2) is 7.50. The van der Waals surface area contributed by atoms with Crippen LogP contribution in [0, 0.1) is 0 Å². The van der Waals surface area contributed by atoms with Gasteiger partial charge in [-0.2, -0.15) is 0 Å². The predicted molar refractivity (Wildman–Crippen MR) is 92.5 cm³/mol. The van der Waals surface area contributed by atoms with Crippen molar-refractivity contribution < 1.29 is 29.4 Å². The molecule has 1 N–H and O–H groups in total. The molecular formula is C18H12N2O6S-2. The quantitative estimate of drug-likeness (QED) is 0.739. The number of thioether (sulfide) groups is 1. The number of nitrogens with zero attached hydrogens (tertiary/aromatic N) is 1. The highest BCUT2D eigenvalue weighted by atomic mass is 32.2. The van der Waals surface area contributed by atoms with Crippen molar-refractivity contribution in [3.8, 4) is 0 Å². The fourth-order valence-corrected chi connectivity index (χ4v) is 3.43. The number of rotatable bonds is 6. The van der Waals surface area contributed by atoms with Crippen molar-refractivity contribution in [1.82, 2.24) is 4.90 Å². The average molecular weight is 384 g/mol. The standard InChI is InChI=1S/C18H14N2O6S/c21-15-14(19-13-4-2-1-3-12(13)17(24)25)27-18(26)20(15)9-10-5-7-11(8-6-10)16(22)23/h1-8,14,19H,9H2,(H,22,23)(H,24,25)/p-2/t14-/m0/s1. The maximum absolute atomic E-state index is 12.5. The number of nitrogens with one attached hydrogen (secondary N) is 1. The Labute approximate surface area is 157 Å². The van der Waals surface area contributed by atoms with Gasteiger partial charge in [-0.25, -0.2) is 0 Å². The summed E-state index contributed by atoms with van der Waals surface area (Å²) < 4.78 is 0. The molecule has 1 fully saturated rings. The van der Waals surface area contributed by atoms with E-state index in [4.69, 9.17) is 0 Å². The van der Waals surface area contributed by atoms with Gasteiger partial charge in [0, 0.05) is 11.3 Å². The molecule has 2 aromatic carbocycles. The summed E-state index contributed by atoms with van der Waals surface area (Å²) in [5, 5.41) is 23.2. The van der Waals surface area contributed by atoms with E-state index in [1.165, 1.54) is 42.5 Å². The van der Waals surface area contributed by atoms with Crippen molar-refractivity contribution in [2.24, 2.45) is 0 Å². The Morgan fingerprint density at radius 1 is 1.00 bits per heavy atom. The molecule has 2 amide bonds. The number of carbonyl (C=O) groups excluding carboxylic acids is 4. The highest BCUT2D eigenvalue weighted by Crippen LogP contribution is 2.30. The van der Waals surface area contributed by atoms with Gasteiger partial charge in [-0.15, -0.1) is 0 Å². The predicted octanol–water partition coefficient (Wildman–Crippen LogP) is 0.0472. The molecule has 0 spiro atoms. The number of carboxylic acid groups (broad SMARTS) is 2. The van der Waals surface area contributed by atoms with Gasteiger partial charge in [-0.05, 0) is 29.0 Å². The number of carboxylic acids is 2. The van der Waals surface area contributed by atoms with Crippen LogP contribution in [0.25, 0.3) is 0 Å². The first-order chi connectivity index (χ1) is 12.9. The lowest BCUT2D eigenvalue weighted by molar-refractivity contribution is -0.256. The molecule has 1 saturated heterocycles. The minimum Gasteiger partial charge on any atom is -0.545 e. The van der Waals surface area contributed by atoms with Gasteiger partial charge in [0.1, 0.15) is 0 Å². The van der Waals surface area contributed by atoms with Crippen LogP contribution in [0.3, 0.4) is 0 Å². The van der Waals surface area contributed by atoms with Crippen LogP contribution in [-0.2, 0) is 11.3 Å². The molecule has 9 heteroatoms. The molecule has 0 aliphatic carbocycles. The van der Waals surface area contributed by atoms with Crippen LogP contribution >= 0.6 is 11.8 Å². The Kier molecular flexibility index (Phi) is 5.13. The zero-order chi connectivity index (χ0) is 19.6. The first kappa shape index (κ1) is 18.5. The monoisotopic (exact) mass is 384 g/mol. The summed E-state index contributed by atoms with van der Waals surface area (Å²) in [5.74, 6) is -3.24. The zero-order valence-electron chi connectivity index (χ0n) is 13.7. The van der Waals surface area contributed by atoms with Gasteiger partial charge in [0.15, 0.2) is 5.37 Å². The van der Waals surface area contributed by atoms with Gasteiger partial charge in [0.05, 0.1) is 18.5 Å². The van der Waals surface area contributed by atoms with E-state index in [1.807, 2.05) is 0 Å². The second-order valence-corrected chi connectivity index (χ2v) is 6.71. The van der Waals surface area contributed by atoms with E-state index >= 15 is 0 Å². The number of hydrogen-bond donors (Lipinski definition) is 1. The van der Waals surface area contributed by atoms with E-state index < -0.39 is 28.5 Å². The number of anilines is 1. The SMILES string of the molecule is O=C([O-])c1ccc(CN2C(=O)S[C@H](Nc3ccccc3C(=O)[O-])C2=O)cc1. The van der Waals surface area contributed by atoms with Crippen molar-refractivity contribution in [2.75, 3.05) is 5.32 Å². The van der Waals surface area contributed by atoms with Gasteiger partial charge in [0.25, 0.3) is 11.1 Å². The number of para-hydroxylation sites is 1. The van der Waals surface area contributed by atoms with Crippen molar-refractivity contribution in [3.05, 3.63) is 65.2 Å². The van der Waals surface area contributed by atoms with Crippen LogP contribution < -0.4 is 15.5 Å². The highest BCUT2D eigenvalue weighted by molar-refractivity contribution is 8.15. The first-order valence-corrected chi connectivity index (χ1v) is 8.64. The number of imide groups is 1. The largest absolute Gasteiger partial charge is 0.545 e. The third-order valence-corrected chi connectivity index (χ3v) is 4.87. The van der Waals surface area contributed by atoms with Crippen LogP contribution in [0.5, 0.6) is 0 Å². The summed E-state index contributed by atoms with van der Waals surface area (Å²) in [4.78, 5) is 47.6. The molecule has 0 saturated carbocycles. The van der Waals surface area contributed by atoms with Crippen molar-refractivity contribution in [3.63, 3.8) is 0 Å². The van der Waals surface area contributed by atoms with Crippen molar-refractivity contribution in [1.29, 1.82) is 0 Å². The summed E-state index contributed by atoms with van der Waals surface area (Å²) in [6.07, 6.45) is 0. The molecule has 0 radical (unpaired) electrons. The van der Waals surface area contributed by atoms with Gasteiger partial charge < -0.3 is 25.1 Å². The number of carbonyl (C=O) groups is 4. The number of hydrogen-bond acceptors (Lipinski definition) is 8. The molecule has 1 heterocycles. The average Bonchev–Trinajstić information content (AvgIpc) is 2.90. The van der Waals surface area contributed by atoms with Gasteiger partial charge >= 0.3 is 0 Å². The third-order valence-electron chi connectivity index (χ3n) is 3.89. The lowest BCUT2D eigenvalue weighted by atomic mass is 10.1. The van der Waals surface area contributed by atoms with Crippen molar-refractivity contribution >= 4 is 40.5 Å². The van der Waals surface area contributed by atoms with Crippen LogP contribution in [0.15, 0.2) is 48.5 Å². The van der Waals surface area contributed by atoms with E-state index in [2.05, 4.69) is 5.32 Å². The smallest absolute Gasteiger partial charge is 0.291 e. The second-order valence-electron chi connectivity index (χ2n) is 5.65. The molecule has 1 atom stereocenters. The Hall–Kier alpha value is -3.33. The van der Waals surface area contributed by atoms with Crippen LogP contribution in [0.4, 0.5) is 10.5 Å². The molecule has 138 valence electrons. The van der Waals surface area contributed by atoms with Crippen LogP contribution in [-0.4, -0.2) is 33.4 Å². The van der Waals surface area contributed by atoms with E-state index in [0.29, 0.717) is 5.56 Å². The van der Waals surface area contributed by atoms with E-state index in [1.54, 1.807) is 6.07 Å². The zero-order valence-corrected chi connectivity index (χ0v) is 14.5. The lowest BCUT2D eigenvalue weighted by Crippen LogP contribution is -2.34. The maximum atomic E-state index is 12.5. The Balaban J connectivity index is 1.73. The fraction of sp³-hybridized carbons (Fsp3) is 0.111. The molecule has 2 aromatic rings. The number of benzene rings is 2. The van der Waals surface area contributed by atoms with Gasteiger partial charge in [0.2, 0.25) is 0 Å². The topological polar surface area (TPSA) is 130 Å². The van der Waals surface area contributed by atoms with Gasteiger partial charge in [-0.3, -0.25) is 14.5 Å². The summed E-state index contributed by atoms with van der Waals surface area (Å²) >= 11 is 0.733. The minimum absolute atomic E-state index is 0.00868. The molecule has 0 aromatic heterocycles. The molecule has 1 aliphatic rings. The summed E-state index contributed by atoms with van der Waals surface area (Å²) in [7, 11) is 0. The van der Waals surface area contributed by atoms with E-state index in [-0.39, 0.29) is 23.4 Å². The summed E-state index contributed by atoms with van der Waals surface area (Å²) in [6, 6.07) is 11.6. The van der Waals surface area contributed by atoms with Crippen LogP contribution in [0.2, 0.25) is 0 Å². The normalized spacial score (nSPS) is 16.4.